The number of aryl methyl sites for hydroxylation is 1. The molecule has 2 aliphatic heterocycles. The monoisotopic (exact) mass is 331 g/mol. The van der Waals surface area contributed by atoms with Gasteiger partial charge in [0.1, 0.15) is 0 Å². The van der Waals surface area contributed by atoms with Crippen LogP contribution in [0.2, 0.25) is 0 Å². The normalized spacial score (nSPS) is 18.1. The zero-order chi connectivity index (χ0) is 16.8. The van der Waals surface area contributed by atoms with Crippen molar-refractivity contribution in [3.8, 4) is 0 Å². The minimum Gasteiger partial charge on any atom is -0.379 e. The molecular formula is C18H25N3O3. The number of morpholine rings is 1. The number of rotatable bonds is 4. The van der Waals surface area contributed by atoms with Crippen molar-refractivity contribution in [2.75, 3.05) is 50.8 Å². The average Bonchev–Trinajstić information content (AvgIpc) is 2.65. The van der Waals surface area contributed by atoms with E-state index in [1.165, 1.54) is 0 Å². The number of benzene rings is 1. The van der Waals surface area contributed by atoms with Crippen molar-refractivity contribution >= 4 is 17.5 Å². The highest BCUT2D eigenvalue weighted by Crippen LogP contribution is 2.26. The summed E-state index contributed by atoms with van der Waals surface area (Å²) in [5.74, 6) is -0.956. The molecule has 0 unspecified atom stereocenters. The third-order valence-electron chi connectivity index (χ3n) is 4.59. The van der Waals surface area contributed by atoms with E-state index in [9.17, 15) is 9.59 Å². The fourth-order valence-electron chi connectivity index (χ4n) is 3.27. The fourth-order valence-corrected chi connectivity index (χ4v) is 3.27. The number of nitrogens with one attached hydrogen (secondary N) is 1. The first-order valence-corrected chi connectivity index (χ1v) is 8.73. The van der Waals surface area contributed by atoms with Crippen LogP contribution < -0.4 is 10.2 Å². The summed E-state index contributed by atoms with van der Waals surface area (Å²) in [5.41, 5.74) is 2.01. The maximum Gasteiger partial charge on any atom is 0.316 e. The summed E-state index contributed by atoms with van der Waals surface area (Å²) < 4.78 is 5.31. The summed E-state index contributed by atoms with van der Waals surface area (Å²) in [5, 5.41) is 2.76. The highest BCUT2D eigenvalue weighted by molar-refractivity contribution is 6.40. The van der Waals surface area contributed by atoms with Gasteiger partial charge in [-0.25, -0.2) is 0 Å². The van der Waals surface area contributed by atoms with Crippen molar-refractivity contribution in [1.29, 1.82) is 0 Å². The van der Waals surface area contributed by atoms with Crippen molar-refractivity contribution in [2.45, 2.75) is 19.3 Å². The van der Waals surface area contributed by atoms with Gasteiger partial charge in [-0.3, -0.25) is 14.5 Å². The Hall–Kier alpha value is -1.92. The summed E-state index contributed by atoms with van der Waals surface area (Å²) in [6.07, 6.45) is 2.70. The molecule has 3 rings (SSSR count). The van der Waals surface area contributed by atoms with E-state index in [-0.39, 0.29) is 0 Å². The molecule has 0 spiro atoms. The summed E-state index contributed by atoms with van der Waals surface area (Å²) in [6, 6.07) is 7.82. The molecule has 1 fully saturated rings. The SMILES string of the molecule is O=C(NCCCN1CCOCC1)C(=O)N1CCCc2ccccc21. The second-order valence-electron chi connectivity index (χ2n) is 6.25. The highest BCUT2D eigenvalue weighted by atomic mass is 16.5. The number of para-hydroxylation sites is 1. The lowest BCUT2D eigenvalue weighted by Gasteiger charge is -2.29. The molecule has 0 bridgehead atoms. The molecule has 1 N–H and O–H groups in total. The van der Waals surface area contributed by atoms with Gasteiger partial charge in [0, 0.05) is 31.9 Å². The Kier molecular flexibility index (Phi) is 5.82. The number of hydrogen-bond acceptors (Lipinski definition) is 4. The van der Waals surface area contributed by atoms with Crippen LogP contribution in [0.25, 0.3) is 0 Å². The molecule has 2 amide bonds. The molecule has 0 saturated carbocycles. The van der Waals surface area contributed by atoms with Gasteiger partial charge in [0.15, 0.2) is 0 Å². The summed E-state index contributed by atoms with van der Waals surface area (Å²) >= 11 is 0. The van der Waals surface area contributed by atoms with Crippen LogP contribution in [-0.4, -0.2) is 62.7 Å². The summed E-state index contributed by atoms with van der Waals surface area (Å²) in [4.78, 5) is 28.5. The van der Waals surface area contributed by atoms with Gasteiger partial charge in [0.2, 0.25) is 0 Å². The predicted octanol–water partition coefficient (Wildman–Crippen LogP) is 0.804. The first-order valence-electron chi connectivity index (χ1n) is 8.73. The van der Waals surface area contributed by atoms with Gasteiger partial charge >= 0.3 is 11.8 Å². The van der Waals surface area contributed by atoms with E-state index in [0.29, 0.717) is 13.1 Å². The van der Waals surface area contributed by atoms with Crippen LogP contribution in [0.5, 0.6) is 0 Å². The maximum atomic E-state index is 12.4. The number of carbonyl (C=O) groups is 2. The van der Waals surface area contributed by atoms with E-state index >= 15 is 0 Å². The molecule has 6 nitrogen and oxygen atoms in total. The highest BCUT2D eigenvalue weighted by Gasteiger charge is 2.26. The van der Waals surface area contributed by atoms with Crippen molar-refractivity contribution in [3.63, 3.8) is 0 Å². The first-order chi connectivity index (χ1) is 11.8. The zero-order valence-electron chi connectivity index (χ0n) is 14.0. The lowest BCUT2D eigenvalue weighted by molar-refractivity contribution is -0.137. The van der Waals surface area contributed by atoms with Crippen LogP contribution in [0, 0.1) is 0 Å². The number of anilines is 1. The summed E-state index contributed by atoms with van der Waals surface area (Å²) in [6.45, 7) is 5.49. The molecule has 1 aromatic carbocycles. The predicted molar refractivity (Wildman–Crippen MR) is 92.0 cm³/mol. The van der Waals surface area contributed by atoms with E-state index in [0.717, 1.165) is 63.4 Å². The van der Waals surface area contributed by atoms with E-state index < -0.39 is 11.8 Å². The van der Waals surface area contributed by atoms with E-state index in [4.69, 9.17) is 4.74 Å². The lowest BCUT2D eigenvalue weighted by atomic mass is 10.0. The van der Waals surface area contributed by atoms with Crippen LogP contribution in [0.15, 0.2) is 24.3 Å². The van der Waals surface area contributed by atoms with Crippen LogP contribution in [0.3, 0.4) is 0 Å². The number of hydrogen-bond donors (Lipinski definition) is 1. The van der Waals surface area contributed by atoms with Crippen LogP contribution >= 0.6 is 0 Å². The molecule has 0 aliphatic carbocycles. The number of ether oxygens (including phenoxy) is 1. The second-order valence-corrected chi connectivity index (χ2v) is 6.25. The van der Waals surface area contributed by atoms with Gasteiger partial charge in [-0.1, -0.05) is 18.2 Å². The van der Waals surface area contributed by atoms with Gasteiger partial charge < -0.3 is 15.0 Å². The van der Waals surface area contributed by atoms with Gasteiger partial charge in [0.25, 0.3) is 0 Å². The molecule has 0 atom stereocenters. The molecule has 1 aromatic rings. The van der Waals surface area contributed by atoms with Crippen molar-refractivity contribution in [2.24, 2.45) is 0 Å². The van der Waals surface area contributed by atoms with Crippen molar-refractivity contribution < 1.29 is 14.3 Å². The Labute approximate surface area is 142 Å². The molecule has 2 heterocycles. The Morgan fingerprint density at radius 3 is 2.75 bits per heavy atom. The third kappa shape index (κ3) is 4.13. The Morgan fingerprint density at radius 2 is 1.92 bits per heavy atom. The number of carbonyl (C=O) groups excluding carboxylic acids is 2. The molecule has 0 aromatic heterocycles. The van der Waals surface area contributed by atoms with Crippen molar-refractivity contribution in [1.82, 2.24) is 10.2 Å². The molecule has 0 radical (unpaired) electrons. The Bertz CT molecular complexity index is 585. The summed E-state index contributed by atoms with van der Waals surface area (Å²) in [7, 11) is 0. The van der Waals surface area contributed by atoms with Gasteiger partial charge in [0.05, 0.1) is 13.2 Å². The molecule has 2 aliphatic rings. The Balaban J connectivity index is 1.46. The molecule has 1 saturated heterocycles. The van der Waals surface area contributed by atoms with Crippen molar-refractivity contribution in [3.05, 3.63) is 29.8 Å². The van der Waals surface area contributed by atoms with Crippen LogP contribution in [0.1, 0.15) is 18.4 Å². The molecule has 24 heavy (non-hydrogen) atoms. The topological polar surface area (TPSA) is 61.9 Å². The van der Waals surface area contributed by atoms with Gasteiger partial charge in [-0.15, -0.1) is 0 Å². The van der Waals surface area contributed by atoms with E-state index in [2.05, 4.69) is 10.2 Å². The van der Waals surface area contributed by atoms with Crippen LogP contribution in [0.4, 0.5) is 5.69 Å². The Morgan fingerprint density at radius 1 is 1.12 bits per heavy atom. The largest absolute Gasteiger partial charge is 0.379 e. The van der Waals surface area contributed by atoms with E-state index in [1.54, 1.807) is 4.90 Å². The van der Waals surface area contributed by atoms with E-state index in [1.807, 2.05) is 24.3 Å². The smallest absolute Gasteiger partial charge is 0.316 e. The zero-order valence-corrected chi connectivity index (χ0v) is 14.0. The minimum absolute atomic E-state index is 0.450. The lowest BCUT2D eigenvalue weighted by Crippen LogP contribution is -2.46. The minimum atomic E-state index is -0.506. The maximum absolute atomic E-state index is 12.4. The molecular weight excluding hydrogens is 306 g/mol. The fraction of sp³-hybridized carbons (Fsp3) is 0.556. The number of amides is 2. The second kappa shape index (κ2) is 8.26. The number of nitrogens with zero attached hydrogens (tertiary/aromatic N) is 2. The quantitative estimate of drug-likeness (QED) is 0.655. The van der Waals surface area contributed by atoms with Gasteiger partial charge in [-0.05, 0) is 37.4 Å². The number of fused-ring (bicyclic) bond motifs is 1. The third-order valence-corrected chi connectivity index (χ3v) is 4.59. The molecule has 130 valence electrons. The first kappa shape index (κ1) is 16.9. The van der Waals surface area contributed by atoms with Crippen LogP contribution in [-0.2, 0) is 20.7 Å². The standard InChI is InChI=1S/C18H25N3O3/c22-17(19-8-4-9-20-11-13-24-14-12-20)18(23)21-10-3-6-15-5-1-2-7-16(15)21/h1-2,5,7H,3-4,6,8-14H2,(H,19,22). The molecule has 6 heteroatoms. The van der Waals surface area contributed by atoms with Gasteiger partial charge in [-0.2, -0.15) is 0 Å². The average molecular weight is 331 g/mol.